The van der Waals surface area contributed by atoms with E-state index in [4.69, 9.17) is 15.6 Å². The van der Waals surface area contributed by atoms with Gasteiger partial charge in [0, 0.05) is 0 Å². The number of aliphatic carboxylic acids is 1. The Kier molecular flexibility index (Phi) is 6.45. The zero-order chi connectivity index (χ0) is 22.9. The smallest absolute Gasteiger partial charge is 0.320 e. The van der Waals surface area contributed by atoms with Gasteiger partial charge in [-0.15, -0.1) is 0 Å². The molecule has 0 aromatic heterocycles. The van der Waals surface area contributed by atoms with E-state index < -0.39 is 27.6 Å². The lowest BCUT2D eigenvalue weighted by atomic mass is 9.78. The first-order chi connectivity index (χ1) is 14.4. The molecule has 1 atom stereocenters. The summed E-state index contributed by atoms with van der Waals surface area (Å²) in [4.78, 5) is 11.2. The van der Waals surface area contributed by atoms with E-state index in [1.54, 1.807) is 12.1 Å². The predicted octanol–water partition coefficient (Wildman–Crippen LogP) is 2.90. The summed E-state index contributed by atoms with van der Waals surface area (Å²) in [6.45, 7) is 6.82. The van der Waals surface area contributed by atoms with Gasteiger partial charge in [-0.25, -0.2) is 8.42 Å². The van der Waals surface area contributed by atoms with Crippen LogP contribution in [0.2, 0.25) is 0 Å². The van der Waals surface area contributed by atoms with E-state index in [9.17, 15) is 13.2 Å². The third-order valence-electron chi connectivity index (χ3n) is 5.17. The predicted molar refractivity (Wildman–Crippen MR) is 118 cm³/mol. The Labute approximate surface area is 183 Å². The molecule has 0 bridgehead atoms. The summed E-state index contributed by atoms with van der Waals surface area (Å²) in [5.74, 6) is -0.408. The molecule has 0 aliphatic carbocycles. The molecule has 3 rings (SSSR count). The van der Waals surface area contributed by atoms with Crippen LogP contribution in [0.1, 0.15) is 32.8 Å². The maximum atomic E-state index is 13.2. The van der Waals surface area contributed by atoms with Crippen molar-refractivity contribution in [3.63, 3.8) is 0 Å². The average molecular weight is 447 g/mol. The molecular weight excluding hydrogens is 416 g/mol. The molecule has 31 heavy (non-hydrogen) atoms. The molecule has 2 aromatic rings. The molecule has 1 saturated heterocycles. The quantitative estimate of drug-likeness (QED) is 0.645. The second-order valence-corrected chi connectivity index (χ2v) is 11.3. The average Bonchev–Trinajstić information content (AvgIpc) is 2.65. The number of nitrogens with zero attached hydrogens (tertiary/aromatic N) is 1. The highest BCUT2D eigenvalue weighted by molar-refractivity contribution is 7.89. The van der Waals surface area contributed by atoms with Crippen molar-refractivity contribution in [3.05, 3.63) is 60.2 Å². The Balaban J connectivity index is 1.79. The van der Waals surface area contributed by atoms with E-state index in [0.717, 1.165) is 0 Å². The third-order valence-corrected chi connectivity index (χ3v) is 6.96. The van der Waals surface area contributed by atoms with Crippen LogP contribution in [0.25, 0.3) is 0 Å². The molecule has 0 saturated carbocycles. The number of hydrogen-bond donors (Lipinski definition) is 2. The van der Waals surface area contributed by atoms with Gasteiger partial charge in [0.15, 0.2) is 0 Å². The Morgan fingerprint density at radius 3 is 2.39 bits per heavy atom. The van der Waals surface area contributed by atoms with Gasteiger partial charge in [0.1, 0.15) is 17.4 Å². The molecule has 0 spiro atoms. The molecule has 8 heteroatoms. The second kappa shape index (κ2) is 8.61. The van der Waals surface area contributed by atoms with Crippen LogP contribution >= 0.6 is 0 Å². The van der Waals surface area contributed by atoms with Gasteiger partial charge in [-0.05, 0) is 48.1 Å². The standard InChI is InChI=1S/C23H30N2O5S/c1-22(2,3)14-23(30-18-9-5-4-6-10-18)15-25(16-23)31(28,29)19-11-7-8-17(12-19)13-20(24)21(26)27/h4-12,20H,13-16,24H2,1-3H3,(H,26,27)/t20-/m0/s1. The molecule has 0 amide bonds. The first-order valence-corrected chi connectivity index (χ1v) is 11.7. The molecular formula is C23H30N2O5S. The summed E-state index contributed by atoms with van der Waals surface area (Å²) < 4.78 is 34.1. The summed E-state index contributed by atoms with van der Waals surface area (Å²) in [5.41, 5.74) is 5.52. The van der Waals surface area contributed by atoms with Crippen molar-refractivity contribution in [3.8, 4) is 5.75 Å². The van der Waals surface area contributed by atoms with Gasteiger partial charge < -0.3 is 15.6 Å². The lowest BCUT2D eigenvalue weighted by Gasteiger charge is -2.51. The Hall–Kier alpha value is -2.42. The van der Waals surface area contributed by atoms with Gasteiger partial charge in [-0.2, -0.15) is 4.31 Å². The number of hydrogen-bond acceptors (Lipinski definition) is 5. The highest BCUT2D eigenvalue weighted by Crippen LogP contribution is 2.40. The topological polar surface area (TPSA) is 110 Å². The van der Waals surface area contributed by atoms with Gasteiger partial charge in [0.2, 0.25) is 10.0 Å². The lowest BCUT2D eigenvalue weighted by molar-refractivity contribution is -0.138. The van der Waals surface area contributed by atoms with E-state index in [1.165, 1.54) is 16.4 Å². The number of carbonyl (C=O) groups is 1. The van der Waals surface area contributed by atoms with E-state index in [0.29, 0.717) is 17.7 Å². The number of sulfonamides is 1. The summed E-state index contributed by atoms with van der Waals surface area (Å²) in [7, 11) is -3.73. The third kappa shape index (κ3) is 5.64. The number of benzene rings is 2. The summed E-state index contributed by atoms with van der Waals surface area (Å²) in [6, 6.07) is 14.7. The Morgan fingerprint density at radius 2 is 1.81 bits per heavy atom. The minimum absolute atomic E-state index is 0.0441. The molecule has 3 N–H and O–H groups in total. The number of carboxylic acid groups (broad SMARTS) is 1. The number of rotatable bonds is 8. The minimum atomic E-state index is -3.73. The fourth-order valence-electron chi connectivity index (χ4n) is 4.01. The molecule has 2 aromatic carbocycles. The highest BCUT2D eigenvalue weighted by atomic mass is 32.2. The van der Waals surface area contributed by atoms with Crippen LogP contribution in [0.3, 0.4) is 0 Å². The molecule has 168 valence electrons. The Morgan fingerprint density at radius 1 is 1.16 bits per heavy atom. The van der Waals surface area contributed by atoms with Crippen molar-refractivity contribution in [2.75, 3.05) is 13.1 Å². The van der Waals surface area contributed by atoms with Crippen molar-refractivity contribution >= 4 is 16.0 Å². The van der Waals surface area contributed by atoms with E-state index >= 15 is 0 Å². The first-order valence-electron chi connectivity index (χ1n) is 10.2. The normalized spacial score (nSPS) is 17.5. The molecule has 0 unspecified atom stereocenters. The van der Waals surface area contributed by atoms with Crippen LogP contribution in [0.15, 0.2) is 59.5 Å². The van der Waals surface area contributed by atoms with Crippen LogP contribution < -0.4 is 10.5 Å². The van der Waals surface area contributed by atoms with Crippen LogP contribution in [0, 0.1) is 5.41 Å². The largest absolute Gasteiger partial charge is 0.484 e. The van der Waals surface area contributed by atoms with Gasteiger partial charge >= 0.3 is 5.97 Å². The van der Waals surface area contributed by atoms with E-state index in [1.807, 2.05) is 30.3 Å². The molecule has 1 fully saturated rings. The van der Waals surface area contributed by atoms with E-state index in [-0.39, 0.29) is 29.8 Å². The summed E-state index contributed by atoms with van der Waals surface area (Å²) in [6.07, 6.45) is 0.762. The number of para-hydroxylation sites is 1. The Bertz CT molecular complexity index is 1030. The fourth-order valence-corrected chi connectivity index (χ4v) is 5.67. The fraction of sp³-hybridized carbons (Fsp3) is 0.435. The number of nitrogens with two attached hydrogens (primary N) is 1. The zero-order valence-electron chi connectivity index (χ0n) is 18.1. The van der Waals surface area contributed by atoms with Crippen molar-refractivity contribution in [1.29, 1.82) is 0 Å². The monoisotopic (exact) mass is 446 g/mol. The van der Waals surface area contributed by atoms with Crippen molar-refractivity contribution in [2.24, 2.45) is 11.1 Å². The van der Waals surface area contributed by atoms with Gasteiger partial charge in [0.25, 0.3) is 0 Å². The molecule has 1 heterocycles. The maximum Gasteiger partial charge on any atom is 0.320 e. The minimum Gasteiger partial charge on any atom is -0.484 e. The zero-order valence-corrected chi connectivity index (χ0v) is 18.9. The number of carboxylic acids is 1. The number of ether oxygens (including phenoxy) is 1. The molecule has 7 nitrogen and oxygen atoms in total. The SMILES string of the molecule is CC(C)(C)CC1(Oc2ccccc2)CN(S(=O)(=O)c2cccc(C[C@H](N)C(=O)O)c2)C1. The van der Waals surface area contributed by atoms with Gasteiger partial charge in [0.05, 0.1) is 18.0 Å². The first kappa shape index (κ1) is 23.2. The van der Waals surface area contributed by atoms with Crippen molar-refractivity contribution in [1.82, 2.24) is 4.31 Å². The van der Waals surface area contributed by atoms with Crippen LogP contribution in [-0.2, 0) is 21.2 Å². The molecule has 1 aliphatic rings. The molecule has 0 radical (unpaired) electrons. The maximum absolute atomic E-state index is 13.2. The molecule has 1 aliphatic heterocycles. The van der Waals surface area contributed by atoms with Crippen molar-refractivity contribution in [2.45, 2.75) is 50.2 Å². The summed E-state index contributed by atoms with van der Waals surface area (Å²) >= 11 is 0. The lowest BCUT2D eigenvalue weighted by Crippen LogP contribution is -2.67. The highest BCUT2D eigenvalue weighted by Gasteiger charge is 2.52. The van der Waals surface area contributed by atoms with Crippen molar-refractivity contribution < 1.29 is 23.1 Å². The summed E-state index contributed by atoms with van der Waals surface area (Å²) in [5, 5.41) is 9.01. The van der Waals surface area contributed by atoms with Gasteiger partial charge in [-0.3, -0.25) is 4.79 Å². The van der Waals surface area contributed by atoms with E-state index in [2.05, 4.69) is 20.8 Å². The van der Waals surface area contributed by atoms with Crippen LogP contribution in [0.5, 0.6) is 5.75 Å². The van der Waals surface area contributed by atoms with Crippen LogP contribution in [0.4, 0.5) is 0 Å². The van der Waals surface area contributed by atoms with Gasteiger partial charge in [-0.1, -0.05) is 51.1 Å². The van der Waals surface area contributed by atoms with Crippen LogP contribution in [-0.4, -0.2) is 48.5 Å². The second-order valence-electron chi connectivity index (χ2n) is 9.40.